The molecule has 9 heteroatoms. The van der Waals surface area contributed by atoms with Gasteiger partial charge < -0.3 is 15.2 Å². The molecule has 9 nitrogen and oxygen atoms in total. The Hall–Kier alpha value is -6.61. The number of anilines is 2. The molecule has 0 fully saturated rings. The molecule has 0 spiro atoms. The molecule has 0 atom stereocenters. The predicted molar refractivity (Wildman–Crippen MR) is 191 cm³/mol. The van der Waals surface area contributed by atoms with Crippen LogP contribution in [0.3, 0.4) is 0 Å². The lowest BCUT2D eigenvalue weighted by Gasteiger charge is -2.23. The first-order valence-electron chi connectivity index (χ1n) is 16.5. The van der Waals surface area contributed by atoms with Crippen molar-refractivity contribution in [3.8, 4) is 22.4 Å². The number of imidazole rings is 1. The molecule has 244 valence electrons. The van der Waals surface area contributed by atoms with Gasteiger partial charge in [0.2, 0.25) is 0 Å². The van der Waals surface area contributed by atoms with Crippen molar-refractivity contribution in [3.05, 3.63) is 161 Å². The number of benzene rings is 5. The number of nitrogens with zero attached hydrogens (tertiary/aromatic N) is 3. The number of carbonyl (C=O) groups excluding carboxylic acids is 4. The van der Waals surface area contributed by atoms with Crippen molar-refractivity contribution in [2.75, 3.05) is 23.3 Å². The number of aromatic amines is 1. The van der Waals surface area contributed by atoms with E-state index >= 15 is 0 Å². The Morgan fingerprint density at radius 1 is 0.700 bits per heavy atom. The Kier molecular flexibility index (Phi) is 7.85. The van der Waals surface area contributed by atoms with Crippen molar-refractivity contribution >= 4 is 35.0 Å². The SMILES string of the molecule is O=C(Nc1ccc(C(=O)N2CCc3nc(CCN4C(=O)c5ccccc5C4=O)[nH]c3-c3ccccc32)cc1)c1ccccc1-c1ccccc1. The highest BCUT2D eigenvalue weighted by atomic mass is 16.2. The van der Waals surface area contributed by atoms with Crippen LogP contribution in [-0.2, 0) is 12.8 Å². The van der Waals surface area contributed by atoms with Gasteiger partial charge in [0, 0.05) is 48.3 Å². The van der Waals surface area contributed by atoms with Gasteiger partial charge in [0.05, 0.1) is 28.2 Å². The summed E-state index contributed by atoms with van der Waals surface area (Å²) in [6, 6.07) is 38.7. The fourth-order valence-electron chi connectivity index (χ4n) is 6.72. The van der Waals surface area contributed by atoms with Crippen molar-refractivity contribution in [2.45, 2.75) is 12.8 Å². The largest absolute Gasteiger partial charge is 0.342 e. The Morgan fingerprint density at radius 2 is 1.32 bits per heavy atom. The fraction of sp³-hybridized carbons (Fsp3) is 0.0976. The molecule has 5 aromatic carbocycles. The second-order valence-corrected chi connectivity index (χ2v) is 12.2. The van der Waals surface area contributed by atoms with Crippen LogP contribution >= 0.6 is 0 Å². The molecule has 0 unspecified atom stereocenters. The standard InChI is InChI=1S/C41H31N5O4/c47-38(30-13-5-4-12-29(30)26-10-2-1-3-11-26)42-28-20-18-27(19-21-28)39(48)45-24-22-34-37(33-16-8-9-17-35(33)45)44-36(43-34)23-25-46-40(49)31-14-6-7-15-32(31)41(46)50/h1-21H,22-25H2,(H,42,47)(H,43,44). The molecule has 8 rings (SSSR count). The Morgan fingerprint density at radius 3 is 2.04 bits per heavy atom. The summed E-state index contributed by atoms with van der Waals surface area (Å²) in [5.41, 5.74) is 7.51. The molecular formula is C41H31N5O4. The maximum atomic E-state index is 14.0. The topological polar surface area (TPSA) is 115 Å². The Labute approximate surface area is 288 Å². The Bertz CT molecular complexity index is 2260. The van der Waals surface area contributed by atoms with Gasteiger partial charge >= 0.3 is 0 Å². The number of aromatic nitrogens is 2. The molecule has 2 aliphatic rings. The summed E-state index contributed by atoms with van der Waals surface area (Å²) in [4.78, 5) is 64.3. The number of imide groups is 1. The molecule has 0 saturated carbocycles. The van der Waals surface area contributed by atoms with Crippen molar-refractivity contribution in [3.63, 3.8) is 0 Å². The average Bonchev–Trinajstić information content (AvgIpc) is 3.63. The molecule has 1 aromatic heterocycles. The molecular weight excluding hydrogens is 626 g/mol. The van der Waals surface area contributed by atoms with Gasteiger partial charge in [-0.2, -0.15) is 0 Å². The first kappa shape index (κ1) is 30.7. The van der Waals surface area contributed by atoms with Gasteiger partial charge in [-0.15, -0.1) is 0 Å². The zero-order valence-corrected chi connectivity index (χ0v) is 26.9. The molecule has 6 aromatic rings. The summed E-state index contributed by atoms with van der Waals surface area (Å²) in [5.74, 6) is -0.309. The summed E-state index contributed by atoms with van der Waals surface area (Å²) in [5, 5.41) is 2.97. The van der Waals surface area contributed by atoms with E-state index in [0.29, 0.717) is 53.2 Å². The second kappa shape index (κ2) is 12.8. The summed E-state index contributed by atoms with van der Waals surface area (Å²) in [7, 11) is 0. The van der Waals surface area contributed by atoms with Crippen molar-refractivity contribution in [1.82, 2.24) is 14.9 Å². The van der Waals surface area contributed by atoms with E-state index in [1.165, 1.54) is 4.90 Å². The maximum Gasteiger partial charge on any atom is 0.261 e. The van der Waals surface area contributed by atoms with E-state index in [1.807, 2.05) is 72.8 Å². The minimum absolute atomic E-state index is 0.166. The number of nitrogens with one attached hydrogen (secondary N) is 2. The summed E-state index contributed by atoms with van der Waals surface area (Å²) in [6.45, 7) is 0.612. The third kappa shape index (κ3) is 5.54. The monoisotopic (exact) mass is 657 g/mol. The lowest BCUT2D eigenvalue weighted by molar-refractivity contribution is 0.0655. The number of hydrogen-bond donors (Lipinski definition) is 2. The lowest BCUT2D eigenvalue weighted by Crippen LogP contribution is -2.32. The van der Waals surface area contributed by atoms with Gasteiger partial charge in [-0.25, -0.2) is 4.98 Å². The fourth-order valence-corrected chi connectivity index (χ4v) is 6.72. The van der Waals surface area contributed by atoms with E-state index in [0.717, 1.165) is 33.8 Å². The van der Waals surface area contributed by atoms with E-state index in [1.54, 1.807) is 59.5 Å². The number of H-pyrrole nitrogens is 1. The normalized spacial score (nSPS) is 13.4. The summed E-state index contributed by atoms with van der Waals surface area (Å²) < 4.78 is 0. The van der Waals surface area contributed by atoms with Crippen molar-refractivity contribution < 1.29 is 19.2 Å². The molecule has 3 heterocycles. The van der Waals surface area contributed by atoms with Crippen LogP contribution in [0.5, 0.6) is 0 Å². The number of carbonyl (C=O) groups is 4. The number of rotatable bonds is 7. The summed E-state index contributed by atoms with van der Waals surface area (Å²) in [6.07, 6.45) is 0.887. The quantitative estimate of drug-likeness (QED) is 0.179. The molecule has 4 amide bonds. The highest BCUT2D eigenvalue weighted by Gasteiger charge is 2.35. The van der Waals surface area contributed by atoms with Crippen LogP contribution in [0.2, 0.25) is 0 Å². The third-order valence-corrected chi connectivity index (χ3v) is 9.21. The first-order chi connectivity index (χ1) is 24.5. The molecule has 0 radical (unpaired) electrons. The van der Waals surface area contributed by atoms with Crippen LogP contribution in [0.15, 0.2) is 127 Å². The smallest absolute Gasteiger partial charge is 0.261 e. The van der Waals surface area contributed by atoms with Gasteiger partial charge in [0.25, 0.3) is 23.6 Å². The molecule has 2 N–H and O–H groups in total. The number of para-hydroxylation sites is 1. The van der Waals surface area contributed by atoms with Gasteiger partial charge in [-0.3, -0.25) is 24.1 Å². The summed E-state index contributed by atoms with van der Waals surface area (Å²) >= 11 is 0. The minimum Gasteiger partial charge on any atom is -0.342 e. The van der Waals surface area contributed by atoms with E-state index in [4.69, 9.17) is 4.98 Å². The van der Waals surface area contributed by atoms with Crippen LogP contribution in [0.25, 0.3) is 22.4 Å². The molecule has 0 saturated heterocycles. The molecule has 50 heavy (non-hydrogen) atoms. The van der Waals surface area contributed by atoms with Crippen LogP contribution in [-0.4, -0.2) is 51.6 Å². The maximum absolute atomic E-state index is 14.0. The van der Waals surface area contributed by atoms with E-state index in [2.05, 4.69) is 10.3 Å². The molecule has 0 bridgehead atoms. The zero-order chi connectivity index (χ0) is 34.2. The zero-order valence-electron chi connectivity index (χ0n) is 26.9. The number of amides is 4. The van der Waals surface area contributed by atoms with Crippen LogP contribution in [0.4, 0.5) is 11.4 Å². The van der Waals surface area contributed by atoms with Gasteiger partial charge in [0.15, 0.2) is 0 Å². The van der Waals surface area contributed by atoms with E-state index in [-0.39, 0.29) is 30.2 Å². The highest BCUT2D eigenvalue weighted by molar-refractivity contribution is 6.21. The average molecular weight is 658 g/mol. The first-order valence-corrected chi connectivity index (χ1v) is 16.5. The number of hydrogen-bond acceptors (Lipinski definition) is 5. The predicted octanol–water partition coefficient (Wildman–Crippen LogP) is 7.04. The van der Waals surface area contributed by atoms with E-state index < -0.39 is 0 Å². The van der Waals surface area contributed by atoms with E-state index in [9.17, 15) is 19.2 Å². The van der Waals surface area contributed by atoms with Crippen LogP contribution in [0.1, 0.15) is 53.0 Å². The van der Waals surface area contributed by atoms with Gasteiger partial charge in [-0.1, -0.05) is 78.9 Å². The minimum atomic E-state index is -0.290. The highest BCUT2D eigenvalue weighted by Crippen LogP contribution is 2.36. The van der Waals surface area contributed by atoms with Crippen LogP contribution < -0.4 is 10.2 Å². The molecule has 2 aliphatic heterocycles. The van der Waals surface area contributed by atoms with Crippen LogP contribution in [0, 0.1) is 0 Å². The second-order valence-electron chi connectivity index (χ2n) is 12.2. The lowest BCUT2D eigenvalue weighted by atomic mass is 9.99. The van der Waals surface area contributed by atoms with Gasteiger partial charge in [0.1, 0.15) is 5.82 Å². The Balaban J connectivity index is 0.976. The van der Waals surface area contributed by atoms with Crippen molar-refractivity contribution in [1.29, 1.82) is 0 Å². The van der Waals surface area contributed by atoms with Crippen molar-refractivity contribution in [2.24, 2.45) is 0 Å². The molecule has 0 aliphatic carbocycles. The number of fused-ring (bicyclic) bond motifs is 4. The third-order valence-electron chi connectivity index (χ3n) is 9.21. The van der Waals surface area contributed by atoms with Gasteiger partial charge in [-0.05, 0) is 59.7 Å².